The van der Waals surface area contributed by atoms with Gasteiger partial charge < -0.3 is 5.73 Å². The van der Waals surface area contributed by atoms with Gasteiger partial charge in [-0.1, -0.05) is 6.92 Å². The van der Waals surface area contributed by atoms with Gasteiger partial charge in [0, 0.05) is 20.5 Å². The summed E-state index contributed by atoms with van der Waals surface area (Å²) in [4.78, 5) is 1.43. The molecule has 0 saturated heterocycles. The van der Waals surface area contributed by atoms with Crippen LogP contribution in [0.15, 0.2) is 15.9 Å². The quantitative estimate of drug-likeness (QED) is 0.895. The molecule has 0 aliphatic heterocycles. The van der Waals surface area contributed by atoms with Gasteiger partial charge in [0.05, 0.1) is 0 Å². The minimum Gasteiger partial charge on any atom is -0.330 e. The van der Waals surface area contributed by atoms with Crippen LogP contribution < -0.4 is 5.73 Å². The Morgan fingerprint density at radius 3 is 3.00 bits per heavy atom. The zero-order valence-electron chi connectivity index (χ0n) is 7.63. The van der Waals surface area contributed by atoms with Crippen molar-refractivity contribution >= 4 is 39.0 Å². The van der Waals surface area contributed by atoms with Crippen LogP contribution in [0.4, 0.5) is 0 Å². The molecule has 0 amide bonds. The molecule has 1 aromatic rings. The minimum absolute atomic E-state index is 0.633. The van der Waals surface area contributed by atoms with Crippen LogP contribution >= 0.6 is 39.0 Å². The van der Waals surface area contributed by atoms with Crippen LogP contribution in [0.25, 0.3) is 0 Å². The van der Waals surface area contributed by atoms with Gasteiger partial charge in [0.2, 0.25) is 0 Å². The van der Waals surface area contributed by atoms with E-state index in [-0.39, 0.29) is 0 Å². The maximum atomic E-state index is 5.54. The van der Waals surface area contributed by atoms with Crippen molar-refractivity contribution in [3.05, 3.63) is 20.8 Å². The first-order chi connectivity index (χ1) is 6.22. The van der Waals surface area contributed by atoms with Gasteiger partial charge in [-0.3, -0.25) is 0 Å². The summed E-state index contributed by atoms with van der Waals surface area (Å²) in [6.45, 7) is 2.98. The summed E-state index contributed by atoms with van der Waals surface area (Å²) in [5.74, 6) is 2.90. The standard InChI is InChI=1S/C9H14BrNS2/c1-7(3-11)4-12-6-9-2-8(10)5-13-9/h2,5,7H,3-4,6,11H2,1H3. The molecule has 1 nitrogen and oxygen atoms in total. The molecular weight excluding hydrogens is 266 g/mol. The van der Waals surface area contributed by atoms with E-state index in [1.807, 2.05) is 23.1 Å². The number of thioether (sulfide) groups is 1. The summed E-state index contributed by atoms with van der Waals surface area (Å²) in [7, 11) is 0. The molecular formula is C9H14BrNS2. The third kappa shape index (κ3) is 4.49. The van der Waals surface area contributed by atoms with Crippen LogP contribution in [-0.2, 0) is 5.75 Å². The summed E-state index contributed by atoms with van der Waals surface area (Å²) >= 11 is 7.22. The molecule has 0 aliphatic carbocycles. The van der Waals surface area contributed by atoms with Crippen molar-refractivity contribution in [3.63, 3.8) is 0 Å². The zero-order chi connectivity index (χ0) is 9.68. The van der Waals surface area contributed by atoms with Gasteiger partial charge in [-0.15, -0.1) is 11.3 Å². The summed E-state index contributed by atoms with van der Waals surface area (Å²) in [5.41, 5.74) is 5.54. The molecule has 74 valence electrons. The molecule has 0 spiro atoms. The summed E-state index contributed by atoms with van der Waals surface area (Å²) < 4.78 is 1.19. The van der Waals surface area contributed by atoms with Crippen molar-refractivity contribution in [2.24, 2.45) is 11.7 Å². The first-order valence-corrected chi connectivity index (χ1v) is 7.06. The Morgan fingerprint density at radius 1 is 1.69 bits per heavy atom. The fourth-order valence-corrected chi connectivity index (χ4v) is 3.56. The van der Waals surface area contributed by atoms with E-state index < -0.39 is 0 Å². The SMILES string of the molecule is CC(CN)CSCc1cc(Br)cs1. The first kappa shape index (κ1) is 11.6. The lowest BCUT2D eigenvalue weighted by Crippen LogP contribution is -2.12. The smallest absolute Gasteiger partial charge is 0.0285 e. The first-order valence-electron chi connectivity index (χ1n) is 4.23. The van der Waals surface area contributed by atoms with Gasteiger partial charge in [0.1, 0.15) is 0 Å². The van der Waals surface area contributed by atoms with Crippen LogP contribution in [0.5, 0.6) is 0 Å². The number of nitrogens with two attached hydrogens (primary N) is 1. The minimum atomic E-state index is 0.633. The molecule has 0 saturated carbocycles. The average molecular weight is 280 g/mol. The predicted molar refractivity (Wildman–Crippen MR) is 66.4 cm³/mol. The van der Waals surface area contributed by atoms with E-state index in [1.54, 1.807) is 0 Å². The lowest BCUT2D eigenvalue weighted by Gasteiger charge is -2.05. The summed E-state index contributed by atoms with van der Waals surface area (Å²) in [5, 5.41) is 2.13. The lowest BCUT2D eigenvalue weighted by atomic mass is 10.2. The normalized spacial score (nSPS) is 13.2. The predicted octanol–water partition coefficient (Wildman–Crippen LogP) is 3.34. The molecule has 0 bridgehead atoms. The molecule has 13 heavy (non-hydrogen) atoms. The van der Waals surface area contributed by atoms with Crippen LogP contribution in [-0.4, -0.2) is 12.3 Å². The van der Waals surface area contributed by atoms with Crippen molar-refractivity contribution in [1.29, 1.82) is 0 Å². The molecule has 4 heteroatoms. The van der Waals surface area contributed by atoms with Crippen molar-refractivity contribution in [2.75, 3.05) is 12.3 Å². The number of rotatable bonds is 5. The Balaban J connectivity index is 2.20. The van der Waals surface area contributed by atoms with Gasteiger partial charge in [-0.25, -0.2) is 0 Å². The van der Waals surface area contributed by atoms with E-state index in [0.717, 1.165) is 18.1 Å². The molecule has 1 heterocycles. The Hall–Kier alpha value is 0.490. The Morgan fingerprint density at radius 2 is 2.46 bits per heavy atom. The third-order valence-electron chi connectivity index (χ3n) is 1.67. The molecule has 1 unspecified atom stereocenters. The lowest BCUT2D eigenvalue weighted by molar-refractivity contribution is 0.675. The van der Waals surface area contributed by atoms with E-state index in [1.165, 1.54) is 9.35 Å². The topological polar surface area (TPSA) is 26.0 Å². The van der Waals surface area contributed by atoms with Gasteiger partial charge in [0.15, 0.2) is 0 Å². The van der Waals surface area contributed by atoms with Crippen molar-refractivity contribution < 1.29 is 0 Å². The molecule has 1 rings (SSSR count). The van der Waals surface area contributed by atoms with Crippen LogP contribution in [0.1, 0.15) is 11.8 Å². The second-order valence-corrected chi connectivity index (χ2v) is 6.03. The van der Waals surface area contributed by atoms with Crippen LogP contribution in [0.2, 0.25) is 0 Å². The van der Waals surface area contributed by atoms with Gasteiger partial charge in [0.25, 0.3) is 0 Å². The maximum Gasteiger partial charge on any atom is 0.0285 e. The summed E-state index contributed by atoms with van der Waals surface area (Å²) in [6, 6.07) is 2.19. The molecule has 2 N–H and O–H groups in total. The monoisotopic (exact) mass is 279 g/mol. The van der Waals surface area contributed by atoms with Crippen molar-refractivity contribution in [2.45, 2.75) is 12.7 Å². The average Bonchev–Trinajstić information content (AvgIpc) is 2.51. The van der Waals surface area contributed by atoms with E-state index >= 15 is 0 Å². The van der Waals surface area contributed by atoms with Gasteiger partial charge in [-0.2, -0.15) is 11.8 Å². The highest BCUT2D eigenvalue weighted by Gasteiger charge is 2.01. The molecule has 0 aliphatic rings. The van der Waals surface area contributed by atoms with E-state index in [2.05, 4.69) is 34.3 Å². The van der Waals surface area contributed by atoms with E-state index in [0.29, 0.717) is 5.92 Å². The van der Waals surface area contributed by atoms with E-state index in [9.17, 15) is 0 Å². The fraction of sp³-hybridized carbons (Fsp3) is 0.556. The summed E-state index contributed by atoms with van der Waals surface area (Å²) in [6.07, 6.45) is 0. The van der Waals surface area contributed by atoms with Gasteiger partial charge in [-0.05, 0) is 40.2 Å². The molecule has 1 aromatic heterocycles. The number of thiophene rings is 1. The van der Waals surface area contributed by atoms with Crippen molar-refractivity contribution in [3.8, 4) is 0 Å². The number of hydrogen-bond donors (Lipinski definition) is 1. The Kier molecular flexibility index (Phi) is 5.39. The van der Waals surface area contributed by atoms with E-state index in [4.69, 9.17) is 5.73 Å². The van der Waals surface area contributed by atoms with Crippen molar-refractivity contribution in [1.82, 2.24) is 0 Å². The third-order valence-corrected chi connectivity index (χ3v) is 4.87. The Bertz CT molecular complexity index is 250. The number of hydrogen-bond acceptors (Lipinski definition) is 3. The molecule has 0 fully saturated rings. The molecule has 0 radical (unpaired) electrons. The highest BCUT2D eigenvalue weighted by Crippen LogP contribution is 2.24. The number of halogens is 1. The van der Waals surface area contributed by atoms with Gasteiger partial charge >= 0.3 is 0 Å². The zero-order valence-corrected chi connectivity index (χ0v) is 10.8. The highest BCUT2D eigenvalue weighted by molar-refractivity contribution is 9.10. The van der Waals surface area contributed by atoms with Crippen LogP contribution in [0.3, 0.4) is 0 Å². The molecule has 1 atom stereocenters. The largest absolute Gasteiger partial charge is 0.330 e. The maximum absolute atomic E-state index is 5.54. The molecule has 0 aromatic carbocycles. The second-order valence-electron chi connectivity index (χ2n) is 3.09. The second kappa shape index (κ2) is 6.06. The highest BCUT2D eigenvalue weighted by atomic mass is 79.9. The van der Waals surface area contributed by atoms with Crippen LogP contribution in [0, 0.1) is 5.92 Å². The fourth-order valence-electron chi connectivity index (χ4n) is 0.858. The Labute approximate surface area is 96.2 Å².